The molecule has 1 aliphatic rings. The molecule has 0 atom stereocenters. The molecule has 1 amide bonds. The molecule has 1 aromatic rings. The molecule has 2 heterocycles. The Morgan fingerprint density at radius 1 is 1.43 bits per heavy atom. The van der Waals surface area contributed by atoms with Crippen molar-refractivity contribution in [3.63, 3.8) is 0 Å². The number of esters is 1. The maximum atomic E-state index is 12.1. The zero-order valence-corrected chi connectivity index (χ0v) is 13.7. The van der Waals surface area contributed by atoms with Gasteiger partial charge in [-0.15, -0.1) is 12.4 Å². The van der Waals surface area contributed by atoms with Crippen LogP contribution in [0, 0.1) is 5.92 Å². The molecule has 0 aromatic carbocycles. The van der Waals surface area contributed by atoms with Gasteiger partial charge in [0.05, 0.1) is 12.8 Å². The summed E-state index contributed by atoms with van der Waals surface area (Å²) in [5, 5.41) is 6.52. The summed E-state index contributed by atoms with van der Waals surface area (Å²) in [4.78, 5) is 28.5. The largest absolute Gasteiger partial charge is 0.465 e. The zero-order valence-electron chi connectivity index (χ0n) is 12.1. The molecule has 0 radical (unpaired) electrons. The Bertz CT molecular complexity index is 501. The minimum Gasteiger partial charge on any atom is -0.465 e. The molecule has 1 aromatic heterocycles. The molecular weight excluding hydrogens is 314 g/mol. The molecule has 118 valence electrons. The lowest BCUT2D eigenvalue weighted by atomic mass is 9.97. The van der Waals surface area contributed by atoms with Gasteiger partial charge in [-0.3, -0.25) is 4.79 Å². The average Bonchev–Trinajstić information content (AvgIpc) is 2.90. The van der Waals surface area contributed by atoms with Crippen molar-refractivity contribution < 1.29 is 14.3 Å². The van der Waals surface area contributed by atoms with E-state index >= 15 is 0 Å². The number of hydrogen-bond donors (Lipinski definition) is 2. The molecule has 6 nitrogen and oxygen atoms in total. The van der Waals surface area contributed by atoms with Crippen LogP contribution in [0.3, 0.4) is 0 Å². The first-order valence-electron chi connectivity index (χ1n) is 6.75. The molecular formula is C13H20ClN3O3S. The first-order chi connectivity index (χ1) is 9.65. The highest BCUT2D eigenvalue weighted by Gasteiger charge is 2.23. The van der Waals surface area contributed by atoms with Crippen LogP contribution < -0.4 is 10.6 Å². The number of aryl methyl sites for hydroxylation is 1. The van der Waals surface area contributed by atoms with Gasteiger partial charge >= 0.3 is 5.97 Å². The Balaban J connectivity index is 0.00000220. The fraction of sp³-hybridized carbons (Fsp3) is 0.615. The smallest absolute Gasteiger partial charge is 0.350 e. The van der Waals surface area contributed by atoms with Gasteiger partial charge in [0.2, 0.25) is 5.91 Å². The number of nitrogens with one attached hydrogen (secondary N) is 2. The summed E-state index contributed by atoms with van der Waals surface area (Å²) >= 11 is 1.18. The Hall–Kier alpha value is -1.18. The third kappa shape index (κ3) is 4.39. The van der Waals surface area contributed by atoms with Gasteiger partial charge in [-0.25, -0.2) is 9.78 Å². The molecule has 0 bridgehead atoms. The van der Waals surface area contributed by atoms with Crippen LogP contribution >= 0.6 is 23.7 Å². The van der Waals surface area contributed by atoms with Crippen LogP contribution in [0.4, 0.5) is 5.13 Å². The van der Waals surface area contributed by atoms with Gasteiger partial charge in [0.25, 0.3) is 0 Å². The van der Waals surface area contributed by atoms with Gasteiger partial charge in [0.15, 0.2) is 5.13 Å². The van der Waals surface area contributed by atoms with Gasteiger partial charge in [-0.2, -0.15) is 0 Å². The maximum absolute atomic E-state index is 12.1. The lowest BCUT2D eigenvalue weighted by molar-refractivity contribution is -0.120. The summed E-state index contributed by atoms with van der Waals surface area (Å²) in [5.74, 6) is -0.396. The summed E-state index contributed by atoms with van der Waals surface area (Å²) in [5.41, 5.74) is 0.669. The van der Waals surface area contributed by atoms with Crippen LogP contribution in [0.15, 0.2) is 0 Å². The van der Waals surface area contributed by atoms with Crippen LogP contribution in [0.5, 0.6) is 0 Å². The van der Waals surface area contributed by atoms with Crippen LogP contribution in [-0.2, 0) is 16.0 Å². The topological polar surface area (TPSA) is 80.3 Å². The highest BCUT2D eigenvalue weighted by atomic mass is 35.5. The van der Waals surface area contributed by atoms with Crippen molar-refractivity contribution in [2.24, 2.45) is 5.92 Å². The van der Waals surface area contributed by atoms with Gasteiger partial charge in [0, 0.05) is 5.92 Å². The van der Waals surface area contributed by atoms with Crippen LogP contribution in [0.1, 0.15) is 35.1 Å². The third-order valence-electron chi connectivity index (χ3n) is 3.34. The first-order valence-corrected chi connectivity index (χ1v) is 7.57. The highest BCUT2D eigenvalue weighted by molar-refractivity contribution is 7.17. The second-order valence-corrected chi connectivity index (χ2v) is 5.65. The van der Waals surface area contributed by atoms with E-state index in [2.05, 4.69) is 15.6 Å². The Morgan fingerprint density at radius 2 is 2.10 bits per heavy atom. The fourth-order valence-corrected chi connectivity index (χ4v) is 3.16. The molecule has 2 N–H and O–H groups in total. The number of aromatic nitrogens is 1. The normalized spacial score (nSPS) is 15.1. The summed E-state index contributed by atoms with van der Waals surface area (Å²) in [6, 6.07) is 0. The van der Waals surface area contributed by atoms with E-state index in [9.17, 15) is 9.59 Å². The third-order valence-corrected chi connectivity index (χ3v) is 4.34. The van der Waals surface area contributed by atoms with Gasteiger partial charge in [0.1, 0.15) is 4.88 Å². The van der Waals surface area contributed by atoms with Crippen molar-refractivity contribution in [1.82, 2.24) is 10.3 Å². The maximum Gasteiger partial charge on any atom is 0.350 e. The van der Waals surface area contributed by atoms with Crippen molar-refractivity contribution >= 4 is 40.8 Å². The van der Waals surface area contributed by atoms with Crippen LogP contribution in [-0.4, -0.2) is 37.1 Å². The number of carbonyl (C=O) groups is 2. The predicted octanol–water partition coefficient (Wildman–Crippen LogP) is 1.85. The second kappa shape index (κ2) is 8.31. The van der Waals surface area contributed by atoms with E-state index in [1.807, 2.05) is 6.92 Å². The number of piperidine rings is 1. The van der Waals surface area contributed by atoms with E-state index < -0.39 is 5.97 Å². The Morgan fingerprint density at radius 3 is 2.67 bits per heavy atom. The molecule has 0 unspecified atom stereocenters. The van der Waals surface area contributed by atoms with Crippen molar-refractivity contribution in [3.8, 4) is 0 Å². The summed E-state index contributed by atoms with van der Waals surface area (Å²) in [7, 11) is 1.34. The number of rotatable bonds is 4. The minimum atomic E-state index is -0.401. The number of carbonyl (C=O) groups excluding carboxylic acids is 2. The number of anilines is 1. The van der Waals surface area contributed by atoms with Gasteiger partial charge in [-0.05, 0) is 32.4 Å². The molecule has 0 saturated carbocycles. The number of thiazole rings is 1. The van der Waals surface area contributed by atoms with E-state index in [0.717, 1.165) is 25.9 Å². The van der Waals surface area contributed by atoms with E-state index in [-0.39, 0.29) is 24.2 Å². The summed E-state index contributed by atoms with van der Waals surface area (Å²) < 4.78 is 4.72. The number of amides is 1. The fourth-order valence-electron chi connectivity index (χ4n) is 2.19. The molecule has 0 spiro atoms. The monoisotopic (exact) mass is 333 g/mol. The van der Waals surface area contributed by atoms with Crippen molar-refractivity contribution in [2.45, 2.75) is 26.2 Å². The molecule has 1 saturated heterocycles. The van der Waals surface area contributed by atoms with E-state index in [1.165, 1.54) is 18.4 Å². The van der Waals surface area contributed by atoms with E-state index in [4.69, 9.17) is 4.74 Å². The Labute approximate surface area is 134 Å². The van der Waals surface area contributed by atoms with Gasteiger partial charge in [-0.1, -0.05) is 18.3 Å². The van der Waals surface area contributed by atoms with Crippen LogP contribution in [0.2, 0.25) is 0 Å². The zero-order chi connectivity index (χ0) is 14.5. The van der Waals surface area contributed by atoms with Crippen LogP contribution in [0.25, 0.3) is 0 Å². The quantitative estimate of drug-likeness (QED) is 0.822. The SMILES string of the molecule is CCc1nc(NC(=O)C2CCNCC2)sc1C(=O)OC.Cl. The lowest BCUT2D eigenvalue weighted by Gasteiger charge is -2.20. The summed E-state index contributed by atoms with van der Waals surface area (Å²) in [6.45, 7) is 3.65. The predicted molar refractivity (Wildman–Crippen MR) is 84.3 cm³/mol. The standard InChI is InChI=1S/C13H19N3O3S.ClH/c1-3-9-10(12(18)19-2)20-13(15-9)16-11(17)8-4-6-14-7-5-8;/h8,14H,3-7H2,1-2H3,(H,15,16,17);1H. The van der Waals surface area contributed by atoms with Crippen molar-refractivity contribution in [1.29, 1.82) is 0 Å². The molecule has 21 heavy (non-hydrogen) atoms. The average molecular weight is 334 g/mol. The Kier molecular flexibility index (Phi) is 7.07. The second-order valence-electron chi connectivity index (χ2n) is 4.65. The van der Waals surface area contributed by atoms with E-state index in [1.54, 1.807) is 0 Å². The number of halogens is 1. The number of hydrogen-bond acceptors (Lipinski definition) is 6. The number of methoxy groups -OCH3 is 1. The van der Waals surface area contributed by atoms with E-state index in [0.29, 0.717) is 22.1 Å². The molecule has 1 aliphatic heterocycles. The number of nitrogens with zero attached hydrogens (tertiary/aromatic N) is 1. The summed E-state index contributed by atoms with van der Waals surface area (Å²) in [6.07, 6.45) is 2.30. The number of ether oxygens (including phenoxy) is 1. The molecule has 1 fully saturated rings. The van der Waals surface area contributed by atoms with Crippen molar-refractivity contribution in [3.05, 3.63) is 10.6 Å². The van der Waals surface area contributed by atoms with Crippen molar-refractivity contribution in [2.75, 3.05) is 25.5 Å². The van der Waals surface area contributed by atoms with Gasteiger partial charge < -0.3 is 15.4 Å². The molecule has 2 rings (SSSR count). The highest BCUT2D eigenvalue weighted by Crippen LogP contribution is 2.25. The molecule has 8 heteroatoms. The first kappa shape index (κ1) is 17.9. The lowest BCUT2D eigenvalue weighted by Crippen LogP contribution is -2.34. The molecule has 0 aliphatic carbocycles. The minimum absolute atomic E-state index is 0.